The second kappa shape index (κ2) is 9.20. The van der Waals surface area contributed by atoms with E-state index < -0.39 is 39.7 Å². The van der Waals surface area contributed by atoms with Gasteiger partial charge in [-0.15, -0.1) is 0 Å². The Bertz CT molecular complexity index is 1190. The number of carbonyl (C=O) groups excluding carboxylic acids is 1. The Balaban J connectivity index is 1.70. The molecule has 2 amide bonds. The second-order valence-electron chi connectivity index (χ2n) is 8.85. The summed E-state index contributed by atoms with van der Waals surface area (Å²) in [4.78, 5) is 14.4. The predicted octanol–water partition coefficient (Wildman–Crippen LogP) is 2.88. The van der Waals surface area contributed by atoms with Gasteiger partial charge in [-0.05, 0) is 48.9 Å². The molecule has 1 heterocycles. The molecule has 4 rings (SSSR count). The number of halogens is 3. The number of nitrogens with zero attached hydrogens (tertiary/aromatic N) is 2. The number of amides is 2. The van der Waals surface area contributed by atoms with Gasteiger partial charge < -0.3 is 10.2 Å². The first-order chi connectivity index (χ1) is 16.0. The van der Waals surface area contributed by atoms with Crippen molar-refractivity contribution in [3.8, 4) is 11.1 Å². The number of benzene rings is 2. The Hall–Kier alpha value is -2.63. The smallest absolute Gasteiger partial charge is 0.317 e. The van der Waals surface area contributed by atoms with Gasteiger partial charge >= 0.3 is 6.03 Å². The van der Waals surface area contributed by atoms with E-state index in [1.54, 1.807) is 17.9 Å². The molecule has 11 heteroatoms. The maximum absolute atomic E-state index is 15.5. The van der Waals surface area contributed by atoms with Crippen LogP contribution in [0.4, 0.5) is 18.0 Å². The number of hydrogen-bond acceptors (Lipinski definition) is 3. The summed E-state index contributed by atoms with van der Waals surface area (Å²) in [5.74, 6) is -2.39. The molecule has 1 aliphatic carbocycles. The van der Waals surface area contributed by atoms with Crippen LogP contribution < -0.4 is 10.0 Å². The van der Waals surface area contributed by atoms with Gasteiger partial charge in [0.15, 0.2) is 0 Å². The molecule has 2 aliphatic rings. The monoisotopic (exact) mass is 496 g/mol. The van der Waals surface area contributed by atoms with Gasteiger partial charge in [0.2, 0.25) is 0 Å². The molecule has 0 bridgehead atoms. The molecule has 2 fully saturated rings. The largest absolute Gasteiger partial charge is 0.338 e. The zero-order chi connectivity index (χ0) is 24.8. The summed E-state index contributed by atoms with van der Waals surface area (Å²) >= 11 is 0. The molecule has 2 aromatic rings. The van der Waals surface area contributed by atoms with E-state index >= 15 is 4.39 Å². The van der Waals surface area contributed by atoms with Gasteiger partial charge in [0, 0.05) is 44.4 Å². The summed E-state index contributed by atoms with van der Waals surface area (Å²) in [5.41, 5.74) is 0.294. The van der Waals surface area contributed by atoms with Crippen LogP contribution in [0.2, 0.25) is 0 Å². The van der Waals surface area contributed by atoms with Crippen LogP contribution in [0.5, 0.6) is 0 Å². The van der Waals surface area contributed by atoms with Crippen molar-refractivity contribution in [1.82, 2.24) is 19.2 Å². The number of rotatable bonds is 7. The Morgan fingerprint density at radius 2 is 1.82 bits per heavy atom. The van der Waals surface area contributed by atoms with Gasteiger partial charge in [-0.2, -0.15) is 17.4 Å². The van der Waals surface area contributed by atoms with Gasteiger partial charge in [-0.3, -0.25) is 0 Å². The molecular formula is C23H27F3N4O3S. The van der Waals surface area contributed by atoms with Crippen molar-refractivity contribution >= 4 is 16.2 Å². The van der Waals surface area contributed by atoms with Gasteiger partial charge in [0.05, 0.1) is 6.04 Å². The highest BCUT2D eigenvalue weighted by atomic mass is 32.2. The lowest BCUT2D eigenvalue weighted by Gasteiger charge is -2.33. The van der Waals surface area contributed by atoms with Crippen LogP contribution in [0.15, 0.2) is 36.4 Å². The Morgan fingerprint density at radius 3 is 2.44 bits per heavy atom. The number of hydrogen-bond donors (Lipinski definition) is 2. The van der Waals surface area contributed by atoms with E-state index in [1.165, 1.54) is 26.2 Å². The average Bonchev–Trinajstić information content (AvgIpc) is 3.47. The number of likely N-dealkylation sites (tertiary alicyclic amines) is 1. The second-order valence-corrected chi connectivity index (χ2v) is 10.8. The molecular weight excluding hydrogens is 469 g/mol. The van der Waals surface area contributed by atoms with Crippen LogP contribution in [0.3, 0.4) is 0 Å². The fraction of sp³-hybridized carbons (Fsp3) is 0.435. The zero-order valence-electron chi connectivity index (χ0n) is 19.1. The lowest BCUT2D eigenvalue weighted by Crippen LogP contribution is -2.54. The van der Waals surface area contributed by atoms with E-state index in [-0.39, 0.29) is 41.1 Å². The lowest BCUT2D eigenvalue weighted by atomic mass is 9.94. The van der Waals surface area contributed by atoms with Crippen LogP contribution in [-0.2, 0) is 16.6 Å². The van der Waals surface area contributed by atoms with Crippen molar-refractivity contribution in [1.29, 1.82) is 0 Å². The molecule has 1 saturated carbocycles. The third-order valence-electron chi connectivity index (χ3n) is 6.40. The third-order valence-corrected chi connectivity index (χ3v) is 7.94. The summed E-state index contributed by atoms with van der Waals surface area (Å²) in [6.45, 7) is 2.17. The van der Waals surface area contributed by atoms with Crippen molar-refractivity contribution in [3.63, 3.8) is 0 Å². The first kappa shape index (κ1) is 24.5. The van der Waals surface area contributed by atoms with Crippen molar-refractivity contribution in [3.05, 3.63) is 59.4 Å². The summed E-state index contributed by atoms with van der Waals surface area (Å²) in [5, 5.41) is 2.75. The van der Waals surface area contributed by atoms with Crippen LogP contribution in [0.25, 0.3) is 11.1 Å². The van der Waals surface area contributed by atoms with E-state index in [0.717, 1.165) is 16.4 Å². The highest BCUT2D eigenvalue weighted by Crippen LogP contribution is 2.49. The Morgan fingerprint density at radius 1 is 1.15 bits per heavy atom. The SMILES string of the molecule is CCNC(=O)N1[C@H]2C[C@H]2[C@H](NS(=O)(=O)N(C)C)[C@@H]1Cc1cccc(-c2cc(F)cc(F)c2)c1F. The molecule has 2 aromatic carbocycles. The average molecular weight is 497 g/mol. The van der Waals surface area contributed by atoms with Crippen molar-refractivity contribution in [2.75, 3.05) is 20.6 Å². The number of piperidine rings is 1. The van der Waals surface area contributed by atoms with Crippen LogP contribution in [0.1, 0.15) is 18.9 Å². The first-order valence-corrected chi connectivity index (χ1v) is 12.5. The Labute approximate surface area is 197 Å². The van der Waals surface area contributed by atoms with E-state index in [9.17, 15) is 22.0 Å². The van der Waals surface area contributed by atoms with Crippen molar-refractivity contribution in [2.24, 2.45) is 5.92 Å². The van der Waals surface area contributed by atoms with E-state index in [4.69, 9.17) is 0 Å². The molecule has 184 valence electrons. The van der Waals surface area contributed by atoms with Gasteiger partial charge in [-0.1, -0.05) is 18.2 Å². The first-order valence-electron chi connectivity index (χ1n) is 11.0. The predicted molar refractivity (Wildman–Crippen MR) is 122 cm³/mol. The van der Waals surface area contributed by atoms with Crippen LogP contribution in [0, 0.1) is 23.4 Å². The summed E-state index contributed by atoms with van der Waals surface area (Å²) < 4.78 is 71.9. The van der Waals surface area contributed by atoms with E-state index in [0.29, 0.717) is 19.0 Å². The van der Waals surface area contributed by atoms with Crippen molar-refractivity contribution in [2.45, 2.75) is 37.9 Å². The topological polar surface area (TPSA) is 81.8 Å². The molecule has 1 saturated heterocycles. The molecule has 2 N–H and O–H groups in total. The Kier molecular flexibility index (Phi) is 6.63. The van der Waals surface area contributed by atoms with Crippen LogP contribution in [-0.4, -0.2) is 62.4 Å². The molecule has 0 radical (unpaired) electrons. The number of urea groups is 1. The fourth-order valence-electron chi connectivity index (χ4n) is 4.72. The summed E-state index contributed by atoms with van der Waals surface area (Å²) in [6, 6.07) is 5.61. The summed E-state index contributed by atoms with van der Waals surface area (Å²) in [6.07, 6.45) is 0.682. The molecule has 0 spiro atoms. The molecule has 1 aliphatic heterocycles. The quantitative estimate of drug-likeness (QED) is 0.619. The minimum atomic E-state index is -3.80. The highest BCUT2D eigenvalue weighted by molar-refractivity contribution is 7.87. The molecule has 7 nitrogen and oxygen atoms in total. The standard InChI is InChI=1S/C23H27F3N4O3S/c1-4-27-23(31)30-19-12-18(19)22(28-34(32,33)29(2)3)20(30)10-13-6-5-7-17(21(13)26)14-8-15(24)11-16(25)9-14/h5-9,11,18-20,22,28H,4,10,12H2,1-3H3,(H,27,31)/t18-,19+,20+,22+/m1/s1. The maximum atomic E-state index is 15.5. The zero-order valence-corrected chi connectivity index (χ0v) is 19.9. The van der Waals surface area contributed by atoms with Gasteiger partial charge in [0.1, 0.15) is 17.5 Å². The highest BCUT2D eigenvalue weighted by Gasteiger charge is 2.61. The minimum absolute atomic E-state index is 0.0223. The normalized spacial score (nSPS) is 23.8. The number of carbonyl (C=O) groups is 1. The number of fused-ring (bicyclic) bond motifs is 1. The van der Waals surface area contributed by atoms with Crippen LogP contribution >= 0.6 is 0 Å². The van der Waals surface area contributed by atoms with Crippen molar-refractivity contribution < 1.29 is 26.4 Å². The van der Waals surface area contributed by atoms with E-state index in [2.05, 4.69) is 10.0 Å². The maximum Gasteiger partial charge on any atom is 0.317 e. The molecule has 0 aromatic heterocycles. The number of nitrogens with one attached hydrogen (secondary N) is 2. The van der Waals surface area contributed by atoms with Gasteiger partial charge in [-0.25, -0.2) is 18.0 Å². The van der Waals surface area contributed by atoms with E-state index in [1.807, 2.05) is 0 Å². The fourth-order valence-corrected chi connectivity index (χ4v) is 5.60. The minimum Gasteiger partial charge on any atom is -0.338 e. The molecule has 4 atom stereocenters. The summed E-state index contributed by atoms with van der Waals surface area (Å²) in [7, 11) is -0.993. The molecule has 34 heavy (non-hydrogen) atoms. The molecule has 0 unspecified atom stereocenters. The lowest BCUT2D eigenvalue weighted by molar-refractivity contribution is 0.176. The van der Waals surface area contributed by atoms with Gasteiger partial charge in [0.25, 0.3) is 10.2 Å². The third kappa shape index (κ3) is 4.64.